The molecule has 3 fully saturated rings. The van der Waals surface area contributed by atoms with E-state index in [2.05, 4.69) is 4.90 Å². The Kier molecular flexibility index (Phi) is 4.37. The lowest BCUT2D eigenvalue weighted by atomic mass is 9.95. The topological polar surface area (TPSA) is 75.0 Å². The summed E-state index contributed by atoms with van der Waals surface area (Å²) < 4.78 is 27.2. The summed E-state index contributed by atoms with van der Waals surface area (Å²) in [7, 11) is -3.17. The normalized spacial score (nSPS) is 24.8. The van der Waals surface area contributed by atoms with E-state index in [-0.39, 0.29) is 11.6 Å². The Labute approximate surface area is 153 Å². The number of fused-ring (bicyclic) bond motifs is 5. The van der Waals surface area contributed by atoms with E-state index < -0.39 is 10.0 Å². The van der Waals surface area contributed by atoms with Crippen molar-refractivity contribution in [2.24, 2.45) is 5.92 Å². The molecule has 8 heteroatoms. The first-order valence-electron chi connectivity index (χ1n) is 8.98. The second-order valence-corrected chi connectivity index (χ2v) is 9.56. The van der Waals surface area contributed by atoms with Gasteiger partial charge in [0.05, 0.1) is 11.9 Å². The lowest BCUT2D eigenvalue weighted by molar-refractivity contribution is 0.124. The third-order valence-electron chi connectivity index (χ3n) is 5.57. The third kappa shape index (κ3) is 3.28. The molecule has 7 nitrogen and oxygen atoms in total. The van der Waals surface area contributed by atoms with Crippen molar-refractivity contribution < 1.29 is 8.42 Å². The van der Waals surface area contributed by atoms with Crippen LogP contribution in [0.4, 0.5) is 0 Å². The Morgan fingerprint density at radius 1 is 1.23 bits per heavy atom. The third-order valence-corrected chi connectivity index (χ3v) is 6.80. The van der Waals surface area contributed by atoms with Crippen LogP contribution in [0.3, 0.4) is 0 Å². The highest BCUT2D eigenvalue weighted by Gasteiger charge is 2.37. The van der Waals surface area contributed by atoms with Crippen LogP contribution in [-0.2, 0) is 16.6 Å². The van der Waals surface area contributed by atoms with E-state index in [1.54, 1.807) is 21.0 Å². The molecule has 0 saturated carbocycles. The average Bonchev–Trinajstić information content (AvgIpc) is 2.88. The van der Waals surface area contributed by atoms with E-state index in [0.717, 1.165) is 30.6 Å². The summed E-state index contributed by atoms with van der Waals surface area (Å²) in [6, 6.07) is 5.57. The minimum Gasteiger partial charge on any atom is -0.293 e. The summed E-state index contributed by atoms with van der Waals surface area (Å²) in [5, 5.41) is 0. The van der Waals surface area contributed by atoms with Gasteiger partial charge in [0.15, 0.2) is 0 Å². The van der Waals surface area contributed by atoms with Gasteiger partial charge in [-0.3, -0.25) is 14.1 Å². The first-order valence-corrected chi connectivity index (χ1v) is 10.8. The second-order valence-electron chi connectivity index (χ2n) is 7.58. The summed E-state index contributed by atoms with van der Waals surface area (Å²) >= 11 is 0. The highest BCUT2D eigenvalue weighted by atomic mass is 32.2. The number of aromatic nitrogens is 2. The van der Waals surface area contributed by atoms with Crippen LogP contribution in [0.2, 0.25) is 0 Å². The van der Waals surface area contributed by atoms with E-state index in [9.17, 15) is 13.2 Å². The quantitative estimate of drug-likeness (QED) is 0.794. The van der Waals surface area contributed by atoms with Crippen molar-refractivity contribution in [3.63, 3.8) is 0 Å². The molecule has 5 heterocycles. The average molecular weight is 376 g/mol. The van der Waals surface area contributed by atoms with Crippen LogP contribution in [0.15, 0.2) is 29.2 Å². The van der Waals surface area contributed by atoms with Crippen molar-refractivity contribution in [3.05, 3.63) is 46.0 Å². The standard InChI is InChI=1S/C18H24N4O3S/c1-13-4-3-7-22-17(23)8-15(19-18(13)22)11-20-9-14-5-6-16(20)12-21(10-14)26(2,24)25/h3-4,7-8,14,16H,5-6,9-12H2,1-2H3/t14-,16-/m1/s1. The molecule has 0 aliphatic carbocycles. The molecule has 26 heavy (non-hydrogen) atoms. The maximum absolute atomic E-state index is 12.4. The van der Waals surface area contributed by atoms with Crippen LogP contribution in [0.1, 0.15) is 24.1 Å². The minimum atomic E-state index is -3.17. The monoisotopic (exact) mass is 376 g/mol. The first-order chi connectivity index (χ1) is 12.3. The summed E-state index contributed by atoms with van der Waals surface area (Å²) in [5.41, 5.74) is 2.33. The molecule has 2 aromatic rings. The minimum absolute atomic E-state index is 0.0774. The fraction of sp³-hybridized carbons (Fsp3) is 0.556. The number of hydrogen-bond donors (Lipinski definition) is 0. The van der Waals surface area contributed by atoms with Crippen LogP contribution in [0.25, 0.3) is 5.65 Å². The maximum atomic E-state index is 12.4. The van der Waals surface area contributed by atoms with Gasteiger partial charge in [0.25, 0.3) is 5.56 Å². The molecule has 2 atom stereocenters. The SMILES string of the molecule is Cc1cccn2c(=O)cc(CN3C[C@H]4CC[C@@H]3CN(S(C)(=O)=O)C4)nc12. The van der Waals surface area contributed by atoms with Gasteiger partial charge in [-0.25, -0.2) is 17.7 Å². The van der Waals surface area contributed by atoms with Gasteiger partial charge in [-0.2, -0.15) is 0 Å². The van der Waals surface area contributed by atoms with Crippen LogP contribution < -0.4 is 5.56 Å². The molecular weight excluding hydrogens is 352 g/mol. The molecule has 0 aromatic carbocycles. The van der Waals surface area contributed by atoms with E-state index in [4.69, 9.17) is 4.98 Å². The van der Waals surface area contributed by atoms with Crippen LogP contribution in [-0.4, -0.2) is 58.9 Å². The van der Waals surface area contributed by atoms with E-state index in [1.807, 2.05) is 19.1 Å². The van der Waals surface area contributed by atoms with E-state index in [0.29, 0.717) is 31.2 Å². The molecule has 0 unspecified atom stereocenters. The molecular formula is C18H24N4O3S. The molecule has 0 amide bonds. The zero-order valence-electron chi connectivity index (χ0n) is 15.1. The summed E-state index contributed by atoms with van der Waals surface area (Å²) in [6.07, 6.45) is 5.07. The smallest absolute Gasteiger partial charge is 0.258 e. The van der Waals surface area contributed by atoms with Gasteiger partial charge in [0, 0.05) is 44.5 Å². The van der Waals surface area contributed by atoms with Gasteiger partial charge >= 0.3 is 0 Å². The van der Waals surface area contributed by atoms with Crippen LogP contribution in [0.5, 0.6) is 0 Å². The Hall–Kier alpha value is -1.77. The Bertz CT molecular complexity index is 1000. The van der Waals surface area contributed by atoms with Crippen molar-refractivity contribution in [2.45, 2.75) is 32.4 Å². The Morgan fingerprint density at radius 2 is 2.04 bits per heavy atom. The molecule has 0 radical (unpaired) electrons. The fourth-order valence-electron chi connectivity index (χ4n) is 4.20. The maximum Gasteiger partial charge on any atom is 0.258 e. The number of hydrogen-bond acceptors (Lipinski definition) is 5. The molecule has 2 bridgehead atoms. The van der Waals surface area contributed by atoms with Gasteiger partial charge in [0.2, 0.25) is 10.0 Å². The number of pyridine rings is 1. The number of sulfonamides is 1. The summed E-state index contributed by atoms with van der Waals surface area (Å²) in [4.78, 5) is 19.4. The highest BCUT2D eigenvalue weighted by Crippen LogP contribution is 2.30. The number of nitrogens with zero attached hydrogens (tertiary/aromatic N) is 4. The van der Waals surface area contributed by atoms with E-state index in [1.165, 1.54) is 6.26 Å². The van der Waals surface area contributed by atoms with Gasteiger partial charge in [-0.15, -0.1) is 0 Å². The zero-order valence-corrected chi connectivity index (χ0v) is 15.9. The molecule has 3 saturated heterocycles. The number of aryl methyl sites for hydroxylation is 1. The van der Waals surface area contributed by atoms with Gasteiger partial charge in [-0.05, 0) is 37.3 Å². The van der Waals surface area contributed by atoms with Crippen molar-refractivity contribution in [1.29, 1.82) is 0 Å². The second kappa shape index (κ2) is 6.44. The molecule has 3 aliphatic rings. The summed E-state index contributed by atoms with van der Waals surface area (Å²) in [5.74, 6) is 0.340. The highest BCUT2D eigenvalue weighted by molar-refractivity contribution is 7.88. The lowest BCUT2D eigenvalue weighted by Gasteiger charge is -2.35. The lowest BCUT2D eigenvalue weighted by Crippen LogP contribution is -2.44. The van der Waals surface area contributed by atoms with Crippen molar-refractivity contribution in [1.82, 2.24) is 18.6 Å². The molecule has 2 aromatic heterocycles. The fourth-order valence-corrected chi connectivity index (χ4v) is 5.12. The summed E-state index contributed by atoms with van der Waals surface area (Å²) in [6.45, 7) is 4.51. The van der Waals surface area contributed by atoms with Crippen molar-refractivity contribution in [2.75, 3.05) is 25.9 Å². The van der Waals surface area contributed by atoms with Gasteiger partial charge in [0.1, 0.15) is 5.65 Å². The Morgan fingerprint density at radius 3 is 2.81 bits per heavy atom. The molecule has 5 rings (SSSR count). The Balaban J connectivity index is 1.63. The van der Waals surface area contributed by atoms with Crippen LogP contribution in [0, 0.1) is 12.8 Å². The molecule has 140 valence electrons. The van der Waals surface area contributed by atoms with Crippen molar-refractivity contribution in [3.8, 4) is 0 Å². The van der Waals surface area contributed by atoms with Crippen molar-refractivity contribution >= 4 is 15.7 Å². The number of piperidine rings is 1. The van der Waals surface area contributed by atoms with Gasteiger partial charge in [-0.1, -0.05) is 6.07 Å². The zero-order chi connectivity index (χ0) is 18.5. The molecule has 0 spiro atoms. The number of rotatable bonds is 3. The molecule has 0 N–H and O–H groups in total. The van der Waals surface area contributed by atoms with E-state index >= 15 is 0 Å². The van der Waals surface area contributed by atoms with Crippen LogP contribution >= 0.6 is 0 Å². The largest absolute Gasteiger partial charge is 0.293 e. The predicted octanol–water partition coefficient (Wildman–Crippen LogP) is 0.859. The molecule has 3 aliphatic heterocycles. The predicted molar refractivity (Wildman–Crippen MR) is 99.5 cm³/mol. The first kappa shape index (κ1) is 17.6. The van der Waals surface area contributed by atoms with Gasteiger partial charge < -0.3 is 0 Å².